The first kappa shape index (κ1) is 73.4. The van der Waals surface area contributed by atoms with Crippen molar-refractivity contribution < 1.29 is 28.6 Å². The van der Waals surface area contributed by atoms with E-state index in [0.717, 1.165) is 69.6 Å². The Kier molecular flexibility index (Phi) is 60.3. The van der Waals surface area contributed by atoms with Crippen molar-refractivity contribution in [1.29, 1.82) is 0 Å². The molecule has 0 fully saturated rings. The van der Waals surface area contributed by atoms with Gasteiger partial charge in [0.25, 0.3) is 0 Å². The maximum atomic E-state index is 12.9. The molecular formula is C69H134O6. The van der Waals surface area contributed by atoms with E-state index in [4.69, 9.17) is 14.2 Å². The molecule has 0 radical (unpaired) electrons. The third-order valence-electron chi connectivity index (χ3n) is 16.3. The fourth-order valence-electron chi connectivity index (χ4n) is 10.8. The Balaban J connectivity index is 4.24. The Labute approximate surface area is 469 Å². The van der Waals surface area contributed by atoms with Gasteiger partial charge in [0, 0.05) is 19.3 Å². The van der Waals surface area contributed by atoms with Gasteiger partial charge in [-0.15, -0.1) is 0 Å². The summed E-state index contributed by atoms with van der Waals surface area (Å²) in [4.78, 5) is 38.4. The summed E-state index contributed by atoms with van der Waals surface area (Å²) in [5.74, 6) is 0.942. The van der Waals surface area contributed by atoms with Gasteiger partial charge in [-0.1, -0.05) is 356 Å². The van der Waals surface area contributed by atoms with Crippen molar-refractivity contribution in [2.45, 2.75) is 400 Å². The van der Waals surface area contributed by atoms with Gasteiger partial charge < -0.3 is 14.2 Å². The molecule has 0 aliphatic heterocycles. The Bertz CT molecular complexity index is 1150. The fourth-order valence-corrected chi connectivity index (χ4v) is 10.8. The van der Waals surface area contributed by atoms with E-state index in [9.17, 15) is 14.4 Å². The number of carbonyl (C=O) groups is 3. The lowest BCUT2D eigenvalue weighted by atomic mass is 9.99. The van der Waals surface area contributed by atoms with Crippen molar-refractivity contribution in [2.75, 3.05) is 13.2 Å². The highest BCUT2D eigenvalue weighted by atomic mass is 16.6. The van der Waals surface area contributed by atoms with Gasteiger partial charge in [-0.25, -0.2) is 0 Å². The molecule has 0 aromatic carbocycles. The zero-order chi connectivity index (χ0) is 54.6. The van der Waals surface area contributed by atoms with Crippen LogP contribution in [0, 0.1) is 11.8 Å². The van der Waals surface area contributed by atoms with Gasteiger partial charge in [-0.05, 0) is 31.1 Å². The van der Waals surface area contributed by atoms with Crippen molar-refractivity contribution in [3.63, 3.8) is 0 Å². The smallest absolute Gasteiger partial charge is 0.306 e. The van der Waals surface area contributed by atoms with Gasteiger partial charge >= 0.3 is 17.9 Å². The summed E-state index contributed by atoms with van der Waals surface area (Å²) in [6.45, 7) is 11.5. The molecule has 0 spiro atoms. The van der Waals surface area contributed by atoms with Crippen molar-refractivity contribution in [3.05, 3.63) is 0 Å². The second-order valence-electron chi connectivity index (χ2n) is 24.5. The lowest BCUT2D eigenvalue weighted by Crippen LogP contribution is -2.30. The minimum absolute atomic E-state index is 0.0613. The minimum atomic E-state index is -0.764. The summed E-state index contributed by atoms with van der Waals surface area (Å²) in [6, 6.07) is 0. The Morgan fingerprint density at radius 2 is 0.507 bits per heavy atom. The molecule has 6 nitrogen and oxygen atoms in total. The lowest BCUT2D eigenvalue weighted by Gasteiger charge is -2.18. The van der Waals surface area contributed by atoms with Crippen LogP contribution < -0.4 is 0 Å². The van der Waals surface area contributed by atoms with E-state index in [2.05, 4.69) is 34.6 Å². The highest BCUT2D eigenvalue weighted by Crippen LogP contribution is 2.20. The van der Waals surface area contributed by atoms with E-state index < -0.39 is 6.10 Å². The van der Waals surface area contributed by atoms with Gasteiger partial charge in [-0.2, -0.15) is 0 Å². The second-order valence-corrected chi connectivity index (χ2v) is 24.5. The molecule has 75 heavy (non-hydrogen) atoms. The molecule has 0 rings (SSSR count). The van der Waals surface area contributed by atoms with Crippen LogP contribution in [0.25, 0.3) is 0 Å². The number of hydrogen-bond acceptors (Lipinski definition) is 6. The van der Waals surface area contributed by atoms with Crippen molar-refractivity contribution in [3.8, 4) is 0 Å². The summed E-state index contributed by atoms with van der Waals surface area (Å²) in [5, 5.41) is 0. The molecule has 2 atom stereocenters. The van der Waals surface area contributed by atoms with Crippen LogP contribution in [0.2, 0.25) is 0 Å². The summed E-state index contributed by atoms with van der Waals surface area (Å²) >= 11 is 0. The van der Waals surface area contributed by atoms with Crippen molar-refractivity contribution >= 4 is 17.9 Å². The predicted molar refractivity (Wildman–Crippen MR) is 326 cm³/mol. The van der Waals surface area contributed by atoms with Crippen LogP contribution in [0.1, 0.15) is 394 Å². The average molecular weight is 1060 g/mol. The van der Waals surface area contributed by atoms with Crippen molar-refractivity contribution in [1.82, 2.24) is 0 Å². The number of rotatable bonds is 63. The van der Waals surface area contributed by atoms with Crippen LogP contribution in [-0.2, 0) is 28.6 Å². The van der Waals surface area contributed by atoms with Crippen LogP contribution in [0.5, 0.6) is 0 Å². The molecule has 6 heteroatoms. The molecular weight excluding hydrogens is 925 g/mol. The first-order chi connectivity index (χ1) is 36.8. The van der Waals surface area contributed by atoms with E-state index in [1.807, 2.05) is 0 Å². The van der Waals surface area contributed by atoms with Crippen LogP contribution in [0.4, 0.5) is 0 Å². The van der Waals surface area contributed by atoms with E-state index in [1.54, 1.807) is 0 Å². The molecule has 0 saturated heterocycles. The van der Waals surface area contributed by atoms with Gasteiger partial charge in [0.2, 0.25) is 0 Å². The summed E-state index contributed by atoms with van der Waals surface area (Å²) in [5.41, 5.74) is 0. The molecule has 0 amide bonds. The van der Waals surface area contributed by atoms with Gasteiger partial charge in [0.1, 0.15) is 13.2 Å². The van der Waals surface area contributed by atoms with Crippen LogP contribution in [0.3, 0.4) is 0 Å². The largest absolute Gasteiger partial charge is 0.462 e. The molecule has 0 aromatic heterocycles. The Morgan fingerprint density at radius 3 is 0.760 bits per heavy atom. The maximum absolute atomic E-state index is 12.9. The zero-order valence-electron chi connectivity index (χ0n) is 51.7. The number of unbranched alkanes of at least 4 members (excludes halogenated alkanes) is 47. The SMILES string of the molecule is CCCCCCCCCCCCCCCCC(=O)OC[C@@H](COC(=O)CCCCCCCCCCCCCCCCCCCCC(C)C)OC(=O)CCCCCCCCCCCCCCCCCCCCC(C)CC. The second kappa shape index (κ2) is 61.6. The van der Waals surface area contributed by atoms with E-state index >= 15 is 0 Å². The summed E-state index contributed by atoms with van der Waals surface area (Å²) < 4.78 is 17.0. The fraction of sp³-hybridized carbons (Fsp3) is 0.957. The molecule has 1 unspecified atom stereocenters. The third kappa shape index (κ3) is 61.5. The van der Waals surface area contributed by atoms with Crippen LogP contribution >= 0.6 is 0 Å². The minimum Gasteiger partial charge on any atom is -0.462 e. The molecule has 446 valence electrons. The number of esters is 3. The van der Waals surface area contributed by atoms with Gasteiger partial charge in [-0.3, -0.25) is 14.4 Å². The van der Waals surface area contributed by atoms with E-state index in [1.165, 1.54) is 283 Å². The maximum Gasteiger partial charge on any atom is 0.306 e. The highest BCUT2D eigenvalue weighted by molar-refractivity contribution is 5.71. The average Bonchev–Trinajstić information content (AvgIpc) is 3.40. The Morgan fingerprint density at radius 1 is 0.280 bits per heavy atom. The molecule has 0 saturated carbocycles. The zero-order valence-corrected chi connectivity index (χ0v) is 51.7. The summed E-state index contributed by atoms with van der Waals surface area (Å²) in [7, 11) is 0. The Hall–Kier alpha value is -1.59. The highest BCUT2D eigenvalue weighted by Gasteiger charge is 2.20. The quantitative estimate of drug-likeness (QED) is 0.0343. The molecule has 0 N–H and O–H groups in total. The van der Waals surface area contributed by atoms with Crippen LogP contribution in [0.15, 0.2) is 0 Å². The summed E-state index contributed by atoms with van der Waals surface area (Å²) in [6.07, 6.45) is 69.7. The van der Waals surface area contributed by atoms with Gasteiger partial charge in [0.15, 0.2) is 6.10 Å². The third-order valence-corrected chi connectivity index (χ3v) is 16.3. The number of carbonyl (C=O) groups excluding carboxylic acids is 3. The predicted octanol–water partition coefficient (Wildman–Crippen LogP) is 23.2. The first-order valence-electron chi connectivity index (χ1n) is 34.3. The van der Waals surface area contributed by atoms with Gasteiger partial charge in [0.05, 0.1) is 0 Å². The molecule has 0 aromatic rings. The number of ether oxygens (including phenoxy) is 3. The standard InChI is InChI=1S/C69H134O6/c1-6-8-9-10-11-12-13-14-29-34-39-44-49-54-59-67(70)73-62-66(63-74-68(71)60-55-50-45-40-35-30-25-21-17-15-19-23-27-32-37-42-47-52-57-64(3)4)75-69(72)61-56-51-46-41-36-31-26-22-18-16-20-24-28-33-38-43-48-53-58-65(5)7-2/h64-66H,6-63H2,1-5H3/t65?,66-/m0/s1. The van der Waals surface area contributed by atoms with E-state index in [0.29, 0.717) is 19.3 Å². The lowest BCUT2D eigenvalue weighted by molar-refractivity contribution is -0.167. The molecule has 0 bridgehead atoms. The first-order valence-corrected chi connectivity index (χ1v) is 34.3. The van der Waals surface area contributed by atoms with E-state index in [-0.39, 0.29) is 31.1 Å². The van der Waals surface area contributed by atoms with Crippen molar-refractivity contribution in [2.24, 2.45) is 11.8 Å². The number of hydrogen-bond donors (Lipinski definition) is 0. The molecule has 0 aliphatic rings. The normalized spacial score (nSPS) is 12.4. The molecule has 0 heterocycles. The topological polar surface area (TPSA) is 78.9 Å². The molecule has 0 aliphatic carbocycles. The van der Waals surface area contributed by atoms with Crippen LogP contribution in [-0.4, -0.2) is 37.2 Å². The monoisotopic (exact) mass is 1060 g/mol.